The van der Waals surface area contributed by atoms with E-state index in [0.29, 0.717) is 11.3 Å². The Balaban J connectivity index is 1.64. The molecule has 1 N–H and O–H groups in total. The van der Waals surface area contributed by atoms with Crippen molar-refractivity contribution in [2.45, 2.75) is 0 Å². The molecule has 1 aliphatic heterocycles. The quantitative estimate of drug-likeness (QED) is 0.672. The van der Waals surface area contributed by atoms with Gasteiger partial charge in [0.05, 0.1) is 11.3 Å². The summed E-state index contributed by atoms with van der Waals surface area (Å²) in [4.78, 5) is 16.7. The molecule has 0 saturated carbocycles. The summed E-state index contributed by atoms with van der Waals surface area (Å²) in [7, 11) is 0. The maximum Gasteiger partial charge on any atom is 0.267 e. The predicted molar refractivity (Wildman–Crippen MR) is 104 cm³/mol. The molecule has 0 unspecified atom stereocenters. The zero-order valence-electron chi connectivity index (χ0n) is 14.8. The molecule has 0 spiro atoms. The lowest BCUT2D eigenvalue weighted by molar-refractivity contribution is -0.112. The van der Waals surface area contributed by atoms with E-state index in [9.17, 15) is 10.1 Å². The second-order valence-corrected chi connectivity index (χ2v) is 6.12. The number of para-hydroxylation sites is 2. The van der Waals surface area contributed by atoms with Gasteiger partial charge in [0, 0.05) is 38.1 Å². The highest BCUT2D eigenvalue weighted by molar-refractivity contribution is 6.07. The van der Waals surface area contributed by atoms with Crippen LogP contribution in [-0.4, -0.2) is 37.0 Å². The third-order valence-electron chi connectivity index (χ3n) is 4.41. The van der Waals surface area contributed by atoms with Crippen LogP contribution < -0.4 is 10.2 Å². The molecule has 0 bridgehead atoms. The molecular formula is C21H19N5O. The second-order valence-electron chi connectivity index (χ2n) is 6.12. The minimum absolute atomic E-state index is 0.0240. The van der Waals surface area contributed by atoms with Gasteiger partial charge < -0.3 is 15.1 Å². The lowest BCUT2D eigenvalue weighted by atomic mass is 10.2. The fraction of sp³-hybridized carbons (Fsp3) is 0.190. The third kappa shape index (κ3) is 4.45. The number of carbonyl (C=O) groups excluding carboxylic acids is 1. The highest BCUT2D eigenvalue weighted by Crippen LogP contribution is 2.17. The van der Waals surface area contributed by atoms with Gasteiger partial charge in [-0.25, -0.2) is 0 Å². The van der Waals surface area contributed by atoms with Crippen LogP contribution in [-0.2, 0) is 4.79 Å². The second kappa shape index (κ2) is 8.55. The molecule has 2 aromatic carbocycles. The number of carbonyl (C=O) groups is 1. The average Bonchev–Trinajstić information content (AvgIpc) is 2.73. The summed E-state index contributed by atoms with van der Waals surface area (Å²) in [5.74, 6) is -0.509. The molecule has 1 aliphatic rings. The fourth-order valence-corrected chi connectivity index (χ4v) is 2.95. The summed E-state index contributed by atoms with van der Waals surface area (Å²) in [5.41, 5.74) is 1.96. The first-order chi connectivity index (χ1) is 13.2. The number of hydrogen-bond donors (Lipinski definition) is 1. The number of rotatable bonds is 4. The van der Waals surface area contributed by atoms with Crippen molar-refractivity contribution in [1.82, 2.24) is 4.90 Å². The van der Waals surface area contributed by atoms with E-state index in [1.807, 2.05) is 35.2 Å². The van der Waals surface area contributed by atoms with Gasteiger partial charge in [-0.05, 0) is 24.3 Å². The maximum absolute atomic E-state index is 12.4. The molecule has 1 heterocycles. The van der Waals surface area contributed by atoms with Gasteiger partial charge >= 0.3 is 0 Å². The van der Waals surface area contributed by atoms with Crippen LogP contribution in [0.2, 0.25) is 0 Å². The normalized spacial score (nSPS) is 14.2. The molecule has 6 heteroatoms. The van der Waals surface area contributed by atoms with E-state index < -0.39 is 5.91 Å². The Bertz CT molecular complexity index is 916. The van der Waals surface area contributed by atoms with Gasteiger partial charge in [0.1, 0.15) is 17.7 Å². The van der Waals surface area contributed by atoms with Crippen LogP contribution in [0.5, 0.6) is 0 Å². The average molecular weight is 357 g/mol. The number of hydrogen-bond acceptors (Lipinski definition) is 5. The minimum Gasteiger partial charge on any atom is -0.373 e. The lowest BCUT2D eigenvalue weighted by Crippen LogP contribution is -2.44. The topological polar surface area (TPSA) is 83.2 Å². The zero-order chi connectivity index (χ0) is 19.1. The van der Waals surface area contributed by atoms with Crippen LogP contribution in [0.25, 0.3) is 0 Å². The molecule has 6 nitrogen and oxygen atoms in total. The number of amides is 1. The van der Waals surface area contributed by atoms with Crippen molar-refractivity contribution in [2.75, 3.05) is 36.4 Å². The molecule has 1 saturated heterocycles. The molecule has 27 heavy (non-hydrogen) atoms. The van der Waals surface area contributed by atoms with Crippen LogP contribution in [0, 0.1) is 22.7 Å². The van der Waals surface area contributed by atoms with Crippen LogP contribution in [0.1, 0.15) is 5.56 Å². The van der Waals surface area contributed by atoms with Crippen molar-refractivity contribution in [3.05, 3.63) is 71.9 Å². The summed E-state index contributed by atoms with van der Waals surface area (Å²) >= 11 is 0. The largest absolute Gasteiger partial charge is 0.373 e. The first-order valence-electron chi connectivity index (χ1n) is 8.67. The standard InChI is InChI=1S/C21H19N5O/c22-14-17-6-4-5-9-20(17)24-21(27)18(15-23)16-25-10-12-26(13-11-25)19-7-2-1-3-8-19/h1-9,16H,10-13H2,(H,24,27)/b18-16-. The van der Waals surface area contributed by atoms with Crippen molar-refractivity contribution in [3.8, 4) is 12.1 Å². The Morgan fingerprint density at radius 2 is 1.63 bits per heavy atom. The van der Waals surface area contributed by atoms with Gasteiger partial charge in [-0.2, -0.15) is 10.5 Å². The Hall–Kier alpha value is -3.77. The van der Waals surface area contributed by atoms with Gasteiger partial charge in [0.15, 0.2) is 0 Å². The van der Waals surface area contributed by atoms with Gasteiger partial charge in [0.2, 0.25) is 0 Å². The van der Waals surface area contributed by atoms with E-state index in [1.165, 1.54) is 5.69 Å². The molecule has 1 fully saturated rings. The fourth-order valence-electron chi connectivity index (χ4n) is 2.95. The Morgan fingerprint density at radius 3 is 2.30 bits per heavy atom. The SMILES string of the molecule is N#C/C(=C/N1CCN(c2ccccc2)CC1)C(=O)Nc1ccccc1C#N. The van der Waals surface area contributed by atoms with Crippen LogP contribution >= 0.6 is 0 Å². The predicted octanol–water partition coefficient (Wildman–Crippen LogP) is 2.73. The van der Waals surface area contributed by atoms with E-state index in [0.717, 1.165) is 26.2 Å². The highest BCUT2D eigenvalue weighted by Gasteiger charge is 2.18. The van der Waals surface area contributed by atoms with Crippen LogP contribution in [0.4, 0.5) is 11.4 Å². The minimum atomic E-state index is -0.509. The molecule has 3 rings (SSSR count). The van der Waals surface area contributed by atoms with Gasteiger partial charge in [-0.3, -0.25) is 4.79 Å². The number of nitrogens with zero attached hydrogens (tertiary/aromatic N) is 4. The number of nitrogens with one attached hydrogen (secondary N) is 1. The van der Waals surface area contributed by atoms with E-state index in [-0.39, 0.29) is 5.57 Å². The molecule has 1 amide bonds. The molecular weight excluding hydrogens is 338 g/mol. The summed E-state index contributed by atoms with van der Waals surface area (Å²) in [6.45, 7) is 3.08. The van der Waals surface area contributed by atoms with Gasteiger partial charge in [-0.15, -0.1) is 0 Å². The van der Waals surface area contributed by atoms with Crippen molar-refractivity contribution in [3.63, 3.8) is 0 Å². The molecule has 0 aliphatic carbocycles. The van der Waals surface area contributed by atoms with Crippen molar-refractivity contribution >= 4 is 17.3 Å². The smallest absolute Gasteiger partial charge is 0.267 e. The Morgan fingerprint density at radius 1 is 0.963 bits per heavy atom. The van der Waals surface area contributed by atoms with E-state index in [2.05, 4.69) is 22.3 Å². The zero-order valence-corrected chi connectivity index (χ0v) is 14.8. The first-order valence-corrected chi connectivity index (χ1v) is 8.67. The molecule has 0 atom stereocenters. The van der Waals surface area contributed by atoms with Gasteiger partial charge in [0.25, 0.3) is 5.91 Å². The van der Waals surface area contributed by atoms with Crippen molar-refractivity contribution in [1.29, 1.82) is 10.5 Å². The summed E-state index contributed by atoms with van der Waals surface area (Å²) in [6.07, 6.45) is 1.60. The highest BCUT2D eigenvalue weighted by atomic mass is 16.1. The number of piperazine rings is 1. The molecule has 2 aromatic rings. The summed E-state index contributed by atoms with van der Waals surface area (Å²) in [6, 6.07) is 20.9. The number of anilines is 2. The summed E-state index contributed by atoms with van der Waals surface area (Å²) < 4.78 is 0. The van der Waals surface area contributed by atoms with Crippen molar-refractivity contribution in [2.24, 2.45) is 0 Å². The lowest BCUT2D eigenvalue weighted by Gasteiger charge is -2.35. The van der Waals surface area contributed by atoms with E-state index in [1.54, 1.807) is 30.5 Å². The first kappa shape index (κ1) is 18.0. The third-order valence-corrected chi connectivity index (χ3v) is 4.41. The van der Waals surface area contributed by atoms with Crippen LogP contribution in [0.15, 0.2) is 66.4 Å². The number of benzene rings is 2. The Labute approximate surface area is 158 Å². The van der Waals surface area contributed by atoms with Crippen molar-refractivity contribution < 1.29 is 4.79 Å². The molecule has 0 radical (unpaired) electrons. The van der Waals surface area contributed by atoms with E-state index in [4.69, 9.17) is 5.26 Å². The van der Waals surface area contributed by atoms with Crippen LogP contribution in [0.3, 0.4) is 0 Å². The van der Waals surface area contributed by atoms with E-state index >= 15 is 0 Å². The van der Waals surface area contributed by atoms with Gasteiger partial charge in [-0.1, -0.05) is 30.3 Å². The summed E-state index contributed by atoms with van der Waals surface area (Å²) in [5, 5.41) is 21.1. The monoisotopic (exact) mass is 357 g/mol. The molecule has 0 aromatic heterocycles. The Kier molecular flexibility index (Phi) is 5.71. The number of nitriles is 2. The maximum atomic E-state index is 12.4. The molecule has 134 valence electrons.